The molecule has 156 valence electrons. The second kappa shape index (κ2) is 7.69. The first-order chi connectivity index (χ1) is 14.8. The topological polar surface area (TPSA) is 75.1 Å². The number of benzene rings is 2. The van der Waals surface area contributed by atoms with Gasteiger partial charge in [-0.25, -0.2) is 8.78 Å². The van der Waals surface area contributed by atoms with Gasteiger partial charge in [0.05, 0.1) is 28.5 Å². The Kier molecular flexibility index (Phi) is 5.03. The fourth-order valence-electron chi connectivity index (χ4n) is 3.73. The largest absolute Gasteiger partial charge is 0.367 e. The third-order valence-electron chi connectivity index (χ3n) is 5.30. The van der Waals surface area contributed by atoms with Crippen molar-refractivity contribution in [3.8, 4) is 17.2 Å². The molecule has 1 N–H and O–H groups in total. The standard InChI is InChI=1S/C23H19F2N5O/c1-13-21(27-12-16-6-4-15(11-26)5-7-16)29(3)22-20(14(2)28-30(22)23(13)31)18-9-8-17(24)10-19(18)25/h4-10,27H,12H2,1-3H3. The summed E-state index contributed by atoms with van der Waals surface area (Å²) in [5.41, 5.74) is 3.09. The lowest BCUT2D eigenvalue weighted by Crippen LogP contribution is -2.24. The minimum absolute atomic E-state index is 0.172. The quantitative estimate of drug-likeness (QED) is 0.541. The molecule has 0 saturated carbocycles. The zero-order valence-electron chi connectivity index (χ0n) is 17.2. The molecule has 8 heteroatoms. The molecule has 0 radical (unpaired) electrons. The summed E-state index contributed by atoms with van der Waals surface area (Å²) >= 11 is 0. The van der Waals surface area contributed by atoms with Crippen molar-refractivity contribution in [2.45, 2.75) is 20.4 Å². The van der Waals surface area contributed by atoms with Crippen LogP contribution in [0, 0.1) is 36.8 Å². The number of hydrogen-bond acceptors (Lipinski definition) is 4. The molecule has 2 heterocycles. The number of nitrogens with zero attached hydrogens (tertiary/aromatic N) is 4. The van der Waals surface area contributed by atoms with Crippen LogP contribution in [0.2, 0.25) is 0 Å². The molecule has 0 amide bonds. The smallest absolute Gasteiger partial charge is 0.279 e. The highest BCUT2D eigenvalue weighted by Crippen LogP contribution is 2.31. The Hall–Kier alpha value is -3.99. The third-order valence-corrected chi connectivity index (χ3v) is 5.30. The molecule has 4 rings (SSSR count). The Morgan fingerprint density at radius 2 is 1.84 bits per heavy atom. The second-order valence-electron chi connectivity index (χ2n) is 7.32. The number of rotatable bonds is 4. The van der Waals surface area contributed by atoms with Crippen LogP contribution >= 0.6 is 0 Å². The van der Waals surface area contributed by atoms with Crippen LogP contribution in [0.25, 0.3) is 16.8 Å². The van der Waals surface area contributed by atoms with Crippen LogP contribution in [0.1, 0.15) is 22.4 Å². The van der Waals surface area contributed by atoms with Gasteiger partial charge in [0.2, 0.25) is 0 Å². The molecule has 0 aliphatic carbocycles. The van der Waals surface area contributed by atoms with Crippen LogP contribution in [0.4, 0.5) is 14.6 Å². The molecule has 0 aliphatic heterocycles. The van der Waals surface area contributed by atoms with Crippen molar-refractivity contribution in [1.82, 2.24) is 14.2 Å². The van der Waals surface area contributed by atoms with Crippen LogP contribution < -0.4 is 10.9 Å². The molecule has 31 heavy (non-hydrogen) atoms. The van der Waals surface area contributed by atoms with Gasteiger partial charge in [-0.2, -0.15) is 14.9 Å². The van der Waals surface area contributed by atoms with Crippen LogP contribution in [-0.4, -0.2) is 14.2 Å². The number of anilines is 1. The molecule has 0 bridgehead atoms. The van der Waals surface area contributed by atoms with Crippen molar-refractivity contribution in [3.63, 3.8) is 0 Å². The summed E-state index contributed by atoms with van der Waals surface area (Å²) in [7, 11) is 1.76. The van der Waals surface area contributed by atoms with Gasteiger partial charge in [0.1, 0.15) is 23.1 Å². The molecule has 2 aromatic carbocycles. The van der Waals surface area contributed by atoms with E-state index in [4.69, 9.17) is 5.26 Å². The molecule has 0 fully saturated rings. The van der Waals surface area contributed by atoms with Gasteiger partial charge in [0, 0.05) is 25.2 Å². The predicted molar refractivity (Wildman–Crippen MR) is 114 cm³/mol. The van der Waals surface area contributed by atoms with E-state index in [-0.39, 0.29) is 11.1 Å². The average molecular weight is 419 g/mol. The van der Waals surface area contributed by atoms with E-state index >= 15 is 0 Å². The summed E-state index contributed by atoms with van der Waals surface area (Å²) in [5.74, 6) is -0.839. The average Bonchev–Trinajstić information content (AvgIpc) is 3.10. The fourth-order valence-corrected chi connectivity index (χ4v) is 3.73. The normalized spacial score (nSPS) is 11.0. The first-order valence-electron chi connectivity index (χ1n) is 9.59. The number of aromatic nitrogens is 3. The molecule has 0 aliphatic rings. The zero-order chi connectivity index (χ0) is 22.3. The third kappa shape index (κ3) is 3.44. The van der Waals surface area contributed by atoms with Crippen LogP contribution in [0.15, 0.2) is 47.3 Å². The molecule has 6 nitrogen and oxygen atoms in total. The minimum atomic E-state index is -0.724. The second-order valence-corrected chi connectivity index (χ2v) is 7.32. The van der Waals surface area contributed by atoms with Crippen LogP contribution in [-0.2, 0) is 13.6 Å². The maximum Gasteiger partial charge on any atom is 0.279 e. The zero-order valence-corrected chi connectivity index (χ0v) is 17.2. The van der Waals surface area contributed by atoms with E-state index in [0.29, 0.717) is 40.4 Å². The predicted octanol–water partition coefficient (Wildman–Crippen LogP) is 4.08. The lowest BCUT2D eigenvalue weighted by molar-refractivity contribution is 0.585. The van der Waals surface area contributed by atoms with Crippen molar-refractivity contribution in [2.75, 3.05) is 5.32 Å². The molecule has 0 saturated heterocycles. The van der Waals surface area contributed by atoms with E-state index < -0.39 is 11.6 Å². The van der Waals surface area contributed by atoms with Crippen LogP contribution in [0.3, 0.4) is 0 Å². The van der Waals surface area contributed by atoms with Gasteiger partial charge in [0.15, 0.2) is 0 Å². The Morgan fingerprint density at radius 1 is 1.13 bits per heavy atom. The Balaban J connectivity index is 1.85. The van der Waals surface area contributed by atoms with E-state index in [1.807, 2.05) is 12.1 Å². The number of fused-ring (bicyclic) bond motifs is 1. The lowest BCUT2D eigenvalue weighted by Gasteiger charge is -2.17. The highest BCUT2D eigenvalue weighted by molar-refractivity contribution is 5.81. The molecule has 0 atom stereocenters. The van der Waals surface area contributed by atoms with Gasteiger partial charge in [-0.3, -0.25) is 4.79 Å². The Labute approximate surface area is 177 Å². The van der Waals surface area contributed by atoms with E-state index in [0.717, 1.165) is 11.6 Å². The number of hydrogen-bond donors (Lipinski definition) is 1. The molecule has 4 aromatic rings. The summed E-state index contributed by atoms with van der Waals surface area (Å²) in [6, 6.07) is 12.5. The maximum atomic E-state index is 14.6. The molecular weight excluding hydrogens is 400 g/mol. The lowest BCUT2D eigenvalue weighted by atomic mass is 10.1. The SMILES string of the molecule is Cc1nn2c(=O)c(C)c(NCc3ccc(C#N)cc3)n(C)c2c1-c1ccc(F)cc1F. The first kappa shape index (κ1) is 20.3. The van der Waals surface area contributed by atoms with E-state index in [1.165, 1.54) is 16.6 Å². The summed E-state index contributed by atoms with van der Waals surface area (Å²) in [6.45, 7) is 3.80. The van der Waals surface area contributed by atoms with Crippen molar-refractivity contribution < 1.29 is 8.78 Å². The molecular formula is C23H19F2N5O. The van der Waals surface area contributed by atoms with Gasteiger partial charge in [-0.15, -0.1) is 0 Å². The number of halogens is 2. The van der Waals surface area contributed by atoms with Crippen molar-refractivity contribution in [2.24, 2.45) is 7.05 Å². The van der Waals surface area contributed by atoms with Gasteiger partial charge >= 0.3 is 0 Å². The monoisotopic (exact) mass is 419 g/mol. The maximum absolute atomic E-state index is 14.6. The molecule has 0 unspecified atom stereocenters. The summed E-state index contributed by atoms with van der Waals surface area (Å²) < 4.78 is 31.0. The van der Waals surface area contributed by atoms with Gasteiger partial charge in [0.25, 0.3) is 5.56 Å². The minimum Gasteiger partial charge on any atom is -0.367 e. The van der Waals surface area contributed by atoms with Gasteiger partial charge in [-0.05, 0) is 43.7 Å². The highest BCUT2D eigenvalue weighted by atomic mass is 19.1. The molecule has 2 aromatic heterocycles. The summed E-state index contributed by atoms with van der Waals surface area (Å²) in [6.07, 6.45) is 0. The van der Waals surface area contributed by atoms with E-state index in [2.05, 4.69) is 16.5 Å². The number of nitrogens with one attached hydrogen (secondary N) is 1. The highest BCUT2D eigenvalue weighted by Gasteiger charge is 2.22. The Morgan fingerprint density at radius 3 is 2.48 bits per heavy atom. The Bertz CT molecular complexity index is 1410. The van der Waals surface area contributed by atoms with E-state index in [1.54, 1.807) is 37.6 Å². The van der Waals surface area contributed by atoms with Crippen LogP contribution in [0.5, 0.6) is 0 Å². The molecule has 0 spiro atoms. The first-order valence-corrected chi connectivity index (χ1v) is 9.59. The number of nitriles is 1. The van der Waals surface area contributed by atoms with Crippen molar-refractivity contribution in [3.05, 3.63) is 86.8 Å². The van der Waals surface area contributed by atoms with E-state index in [9.17, 15) is 13.6 Å². The van der Waals surface area contributed by atoms with Gasteiger partial charge < -0.3 is 9.88 Å². The fraction of sp³-hybridized carbons (Fsp3) is 0.174. The van der Waals surface area contributed by atoms with Crippen molar-refractivity contribution >= 4 is 11.5 Å². The summed E-state index contributed by atoms with van der Waals surface area (Å²) in [4.78, 5) is 13.0. The van der Waals surface area contributed by atoms with Gasteiger partial charge in [-0.1, -0.05) is 12.1 Å². The van der Waals surface area contributed by atoms with Crippen molar-refractivity contribution in [1.29, 1.82) is 5.26 Å². The summed E-state index contributed by atoms with van der Waals surface area (Å²) in [5, 5.41) is 16.5. The number of aryl methyl sites for hydroxylation is 2.